The third-order valence-electron chi connectivity index (χ3n) is 4.22. The second kappa shape index (κ2) is 7.31. The number of rotatable bonds is 4. The highest BCUT2D eigenvalue weighted by molar-refractivity contribution is 6.11. The lowest BCUT2D eigenvalue weighted by Crippen LogP contribution is -2.43. The number of benzene rings is 2. The summed E-state index contributed by atoms with van der Waals surface area (Å²) in [7, 11) is 0. The molecule has 0 saturated carbocycles. The molecule has 28 heavy (non-hydrogen) atoms. The number of hydrogen-bond donors (Lipinski definition) is 4. The Morgan fingerprint density at radius 1 is 1.04 bits per heavy atom. The Balaban J connectivity index is 1.42. The zero-order valence-corrected chi connectivity index (χ0v) is 14.6. The first kappa shape index (κ1) is 17.4. The van der Waals surface area contributed by atoms with E-state index in [4.69, 9.17) is 0 Å². The van der Waals surface area contributed by atoms with Crippen LogP contribution in [0.2, 0.25) is 0 Å². The van der Waals surface area contributed by atoms with Crippen molar-refractivity contribution in [3.8, 4) is 11.4 Å². The minimum absolute atomic E-state index is 0.0903. The van der Waals surface area contributed by atoms with Crippen molar-refractivity contribution >= 4 is 29.4 Å². The molecule has 9 heteroatoms. The molecule has 1 atom stereocenters. The molecule has 9 nitrogen and oxygen atoms in total. The predicted molar refractivity (Wildman–Crippen MR) is 101 cm³/mol. The third-order valence-corrected chi connectivity index (χ3v) is 4.22. The van der Waals surface area contributed by atoms with E-state index in [1.807, 2.05) is 30.3 Å². The number of nitrogens with one attached hydrogen (secondary N) is 4. The maximum absolute atomic E-state index is 12.4. The fraction of sp³-hybridized carbons (Fsp3) is 0.105. The van der Waals surface area contributed by atoms with Crippen LogP contribution in [0.1, 0.15) is 16.8 Å². The maximum atomic E-state index is 12.4. The normalized spacial score (nSPS) is 15.8. The standard InChI is InChI=1S/C19H16N6O3/c26-15(22-19-23-16(24-25-19)11-6-2-1-3-7-11)10-14-18(28)20-13-9-5-4-8-12(13)17(27)21-14/h1-9,14H,10H2,(H,20,28)(H,21,27)(H2,22,23,24,25,26). The van der Waals surface area contributed by atoms with Crippen molar-refractivity contribution < 1.29 is 14.4 Å². The van der Waals surface area contributed by atoms with E-state index >= 15 is 0 Å². The van der Waals surface area contributed by atoms with Gasteiger partial charge >= 0.3 is 0 Å². The lowest BCUT2D eigenvalue weighted by atomic mass is 10.1. The average molecular weight is 376 g/mol. The number of para-hydroxylation sites is 1. The summed E-state index contributed by atoms with van der Waals surface area (Å²) in [6.07, 6.45) is -0.249. The highest BCUT2D eigenvalue weighted by Gasteiger charge is 2.29. The molecule has 0 fully saturated rings. The van der Waals surface area contributed by atoms with Gasteiger partial charge < -0.3 is 10.6 Å². The van der Waals surface area contributed by atoms with Crippen molar-refractivity contribution in [2.24, 2.45) is 0 Å². The van der Waals surface area contributed by atoms with Gasteiger partial charge in [0.15, 0.2) is 5.82 Å². The van der Waals surface area contributed by atoms with Crippen LogP contribution in [0.25, 0.3) is 11.4 Å². The van der Waals surface area contributed by atoms with Crippen molar-refractivity contribution in [1.82, 2.24) is 20.5 Å². The zero-order valence-electron chi connectivity index (χ0n) is 14.6. The Labute approximate surface area is 159 Å². The molecular weight excluding hydrogens is 360 g/mol. The fourth-order valence-electron chi connectivity index (χ4n) is 2.86. The number of nitrogens with zero attached hydrogens (tertiary/aromatic N) is 2. The van der Waals surface area contributed by atoms with E-state index < -0.39 is 23.8 Å². The molecule has 1 aliphatic rings. The monoisotopic (exact) mass is 376 g/mol. The SMILES string of the molecule is O=C(CC1NC(=O)c2ccccc2NC1=O)Nc1n[nH]c(-c2ccccc2)n1. The topological polar surface area (TPSA) is 129 Å². The molecule has 4 N–H and O–H groups in total. The summed E-state index contributed by atoms with van der Waals surface area (Å²) in [5.74, 6) is -0.784. The summed E-state index contributed by atoms with van der Waals surface area (Å²) < 4.78 is 0. The van der Waals surface area contributed by atoms with E-state index in [0.717, 1.165) is 5.56 Å². The molecule has 1 aliphatic heterocycles. The van der Waals surface area contributed by atoms with E-state index in [-0.39, 0.29) is 12.4 Å². The van der Waals surface area contributed by atoms with Crippen LogP contribution in [-0.2, 0) is 9.59 Å². The van der Waals surface area contributed by atoms with Gasteiger partial charge in [-0.25, -0.2) is 0 Å². The molecule has 1 unspecified atom stereocenters. The van der Waals surface area contributed by atoms with Crippen LogP contribution >= 0.6 is 0 Å². The first-order valence-electron chi connectivity index (χ1n) is 8.58. The largest absolute Gasteiger partial charge is 0.340 e. The number of aromatic amines is 1. The Hall–Kier alpha value is -4.01. The highest BCUT2D eigenvalue weighted by atomic mass is 16.2. The van der Waals surface area contributed by atoms with Crippen LogP contribution in [0.3, 0.4) is 0 Å². The number of hydrogen-bond acceptors (Lipinski definition) is 5. The molecule has 3 amide bonds. The summed E-state index contributed by atoms with van der Waals surface area (Å²) in [6.45, 7) is 0. The molecule has 2 heterocycles. The molecule has 0 radical (unpaired) electrons. The Morgan fingerprint density at radius 2 is 1.79 bits per heavy atom. The second-order valence-corrected chi connectivity index (χ2v) is 6.19. The number of H-pyrrole nitrogens is 1. The van der Waals surface area contributed by atoms with Crippen molar-refractivity contribution in [1.29, 1.82) is 0 Å². The molecule has 0 spiro atoms. The second-order valence-electron chi connectivity index (χ2n) is 6.19. The van der Waals surface area contributed by atoms with Gasteiger partial charge in [-0.2, -0.15) is 4.98 Å². The maximum Gasteiger partial charge on any atom is 0.254 e. The van der Waals surface area contributed by atoms with Gasteiger partial charge in [-0.3, -0.25) is 24.8 Å². The zero-order chi connectivity index (χ0) is 19.5. The van der Waals surface area contributed by atoms with Crippen LogP contribution < -0.4 is 16.0 Å². The fourth-order valence-corrected chi connectivity index (χ4v) is 2.86. The molecule has 4 rings (SSSR count). The number of anilines is 2. The molecule has 0 bridgehead atoms. The van der Waals surface area contributed by atoms with E-state index in [2.05, 4.69) is 31.1 Å². The predicted octanol–water partition coefficient (Wildman–Crippen LogP) is 1.55. The minimum atomic E-state index is -1.01. The number of aromatic nitrogens is 3. The molecule has 0 aliphatic carbocycles. The lowest BCUT2D eigenvalue weighted by molar-refractivity contribution is -0.122. The van der Waals surface area contributed by atoms with Gasteiger partial charge in [0.05, 0.1) is 17.7 Å². The quantitative estimate of drug-likeness (QED) is 0.549. The van der Waals surface area contributed by atoms with E-state index in [1.54, 1.807) is 24.3 Å². The van der Waals surface area contributed by atoms with E-state index in [1.165, 1.54) is 0 Å². The first-order chi connectivity index (χ1) is 13.6. The van der Waals surface area contributed by atoms with Crippen molar-refractivity contribution in [3.05, 3.63) is 60.2 Å². The van der Waals surface area contributed by atoms with Crippen LogP contribution in [0, 0.1) is 0 Å². The van der Waals surface area contributed by atoms with Gasteiger partial charge in [-0.15, -0.1) is 5.10 Å². The van der Waals surface area contributed by atoms with Crippen LogP contribution in [0.4, 0.5) is 11.6 Å². The van der Waals surface area contributed by atoms with Crippen LogP contribution in [0.15, 0.2) is 54.6 Å². The number of carbonyl (C=O) groups excluding carboxylic acids is 3. The average Bonchev–Trinajstić information content (AvgIpc) is 3.12. The van der Waals surface area contributed by atoms with Crippen molar-refractivity contribution in [2.75, 3.05) is 10.6 Å². The van der Waals surface area contributed by atoms with Gasteiger partial charge in [0, 0.05) is 5.56 Å². The van der Waals surface area contributed by atoms with Crippen LogP contribution in [-0.4, -0.2) is 38.9 Å². The van der Waals surface area contributed by atoms with Gasteiger partial charge in [-0.05, 0) is 12.1 Å². The van der Waals surface area contributed by atoms with Gasteiger partial charge in [-0.1, -0.05) is 42.5 Å². The van der Waals surface area contributed by atoms with E-state index in [9.17, 15) is 14.4 Å². The Kier molecular flexibility index (Phi) is 4.55. The van der Waals surface area contributed by atoms with Crippen molar-refractivity contribution in [2.45, 2.75) is 12.5 Å². The Bertz CT molecular complexity index is 1050. The number of carbonyl (C=O) groups is 3. The molecule has 1 aromatic heterocycles. The summed E-state index contributed by atoms with van der Waals surface area (Å²) in [5.41, 5.74) is 1.58. The summed E-state index contributed by atoms with van der Waals surface area (Å²) in [6, 6.07) is 15.0. The summed E-state index contributed by atoms with van der Waals surface area (Å²) in [4.78, 5) is 41.2. The van der Waals surface area contributed by atoms with E-state index in [0.29, 0.717) is 17.1 Å². The van der Waals surface area contributed by atoms with Gasteiger partial charge in [0.25, 0.3) is 5.91 Å². The molecular formula is C19H16N6O3. The molecule has 3 aromatic rings. The lowest BCUT2D eigenvalue weighted by Gasteiger charge is -2.13. The minimum Gasteiger partial charge on any atom is -0.340 e. The van der Waals surface area contributed by atoms with Crippen molar-refractivity contribution in [3.63, 3.8) is 0 Å². The number of fused-ring (bicyclic) bond motifs is 1. The highest BCUT2D eigenvalue weighted by Crippen LogP contribution is 2.19. The van der Waals surface area contributed by atoms with Crippen LogP contribution in [0.5, 0.6) is 0 Å². The third kappa shape index (κ3) is 3.58. The Morgan fingerprint density at radius 3 is 2.61 bits per heavy atom. The number of amides is 3. The van der Waals surface area contributed by atoms with Gasteiger partial charge in [0.1, 0.15) is 6.04 Å². The molecule has 2 aromatic carbocycles. The summed E-state index contributed by atoms with van der Waals surface area (Å²) >= 11 is 0. The first-order valence-corrected chi connectivity index (χ1v) is 8.58. The molecule has 140 valence electrons. The summed E-state index contributed by atoms with van der Waals surface area (Å²) in [5, 5.41) is 14.5. The van der Waals surface area contributed by atoms with Gasteiger partial charge in [0.2, 0.25) is 17.8 Å². The molecule has 0 saturated heterocycles. The smallest absolute Gasteiger partial charge is 0.254 e.